The highest BCUT2D eigenvalue weighted by Crippen LogP contribution is 2.28. The van der Waals surface area contributed by atoms with Crippen LogP contribution in [0.5, 0.6) is 11.5 Å². The van der Waals surface area contributed by atoms with Crippen LogP contribution in [0.15, 0.2) is 42.5 Å². The lowest BCUT2D eigenvalue weighted by Gasteiger charge is -2.09. The van der Waals surface area contributed by atoms with Crippen LogP contribution in [-0.4, -0.2) is 6.41 Å². The second-order valence-corrected chi connectivity index (χ2v) is 3.69. The number of hydrogen-bond donors (Lipinski definition) is 3. The Labute approximate surface area is 104 Å². The second kappa shape index (κ2) is 5.09. The molecule has 0 radical (unpaired) electrons. The molecule has 0 atom stereocenters. The minimum absolute atomic E-state index is 0.474. The molecule has 0 spiro atoms. The first-order chi connectivity index (χ1) is 8.69. The van der Waals surface area contributed by atoms with Gasteiger partial charge < -0.3 is 21.5 Å². The molecule has 1 amide bonds. The van der Waals surface area contributed by atoms with Gasteiger partial charge in [0.15, 0.2) is 0 Å². The van der Waals surface area contributed by atoms with E-state index in [4.69, 9.17) is 16.2 Å². The normalized spacial score (nSPS) is 9.78. The van der Waals surface area contributed by atoms with Crippen molar-refractivity contribution in [2.24, 2.45) is 0 Å². The minimum atomic E-state index is 0.474. The van der Waals surface area contributed by atoms with Gasteiger partial charge in [-0.15, -0.1) is 0 Å². The van der Waals surface area contributed by atoms with Crippen molar-refractivity contribution >= 4 is 23.5 Å². The predicted molar refractivity (Wildman–Crippen MR) is 71.5 cm³/mol. The first-order valence-electron chi connectivity index (χ1n) is 5.32. The first-order valence-corrected chi connectivity index (χ1v) is 5.32. The monoisotopic (exact) mass is 243 g/mol. The molecule has 0 aliphatic carbocycles. The molecule has 0 heterocycles. The second-order valence-electron chi connectivity index (χ2n) is 3.69. The standard InChI is InChI=1S/C13H13N3O2/c14-9-2-1-3-10(6-9)18-11-4-5-12(15)13(7-11)16-8-17/h1-8H,14-15H2,(H,16,17). The summed E-state index contributed by atoms with van der Waals surface area (Å²) in [5.74, 6) is 1.19. The molecular formula is C13H13N3O2. The average Bonchev–Trinajstić information content (AvgIpc) is 2.34. The van der Waals surface area contributed by atoms with E-state index in [2.05, 4.69) is 5.32 Å². The van der Waals surface area contributed by atoms with Crippen molar-refractivity contribution in [2.75, 3.05) is 16.8 Å². The van der Waals surface area contributed by atoms with Gasteiger partial charge in [-0.25, -0.2) is 0 Å². The van der Waals surface area contributed by atoms with Gasteiger partial charge in [-0.2, -0.15) is 0 Å². The molecule has 5 N–H and O–H groups in total. The van der Waals surface area contributed by atoms with Gasteiger partial charge in [0.25, 0.3) is 0 Å². The van der Waals surface area contributed by atoms with Crippen LogP contribution >= 0.6 is 0 Å². The summed E-state index contributed by atoms with van der Waals surface area (Å²) in [6.07, 6.45) is 0.565. The molecule has 0 aliphatic heterocycles. The summed E-state index contributed by atoms with van der Waals surface area (Å²) in [6.45, 7) is 0. The number of nitrogens with one attached hydrogen (secondary N) is 1. The number of ether oxygens (including phenoxy) is 1. The van der Waals surface area contributed by atoms with Crippen LogP contribution in [-0.2, 0) is 4.79 Å². The Morgan fingerprint density at radius 3 is 2.56 bits per heavy atom. The minimum Gasteiger partial charge on any atom is -0.457 e. The van der Waals surface area contributed by atoms with Gasteiger partial charge >= 0.3 is 0 Å². The number of carbonyl (C=O) groups excluding carboxylic acids is 1. The molecule has 0 saturated heterocycles. The summed E-state index contributed by atoms with van der Waals surface area (Å²) in [4.78, 5) is 10.4. The van der Waals surface area contributed by atoms with Gasteiger partial charge in [0.2, 0.25) is 6.41 Å². The Bertz CT molecular complexity index is 570. The van der Waals surface area contributed by atoms with Crippen LogP contribution in [0, 0.1) is 0 Å². The zero-order valence-electron chi connectivity index (χ0n) is 9.59. The Hall–Kier alpha value is -2.69. The third-order valence-corrected chi connectivity index (χ3v) is 2.33. The van der Waals surface area contributed by atoms with E-state index in [0.717, 1.165) is 0 Å². The summed E-state index contributed by atoms with van der Waals surface area (Å²) in [5.41, 5.74) is 13.0. The zero-order valence-corrected chi connectivity index (χ0v) is 9.59. The van der Waals surface area contributed by atoms with Gasteiger partial charge in [0.05, 0.1) is 11.4 Å². The lowest BCUT2D eigenvalue weighted by atomic mass is 10.2. The van der Waals surface area contributed by atoms with E-state index in [1.54, 1.807) is 42.5 Å². The summed E-state index contributed by atoms with van der Waals surface area (Å²) < 4.78 is 5.61. The lowest BCUT2D eigenvalue weighted by molar-refractivity contribution is -0.105. The highest BCUT2D eigenvalue weighted by atomic mass is 16.5. The maximum atomic E-state index is 10.4. The molecule has 18 heavy (non-hydrogen) atoms. The van der Waals surface area contributed by atoms with E-state index in [1.165, 1.54) is 0 Å². The topological polar surface area (TPSA) is 90.4 Å². The van der Waals surface area contributed by atoms with Gasteiger partial charge in [0, 0.05) is 17.8 Å². The molecule has 0 aliphatic rings. The number of rotatable bonds is 4. The van der Waals surface area contributed by atoms with Crippen molar-refractivity contribution in [2.45, 2.75) is 0 Å². The third-order valence-electron chi connectivity index (χ3n) is 2.33. The molecule has 0 unspecified atom stereocenters. The van der Waals surface area contributed by atoms with Crippen molar-refractivity contribution in [3.05, 3.63) is 42.5 Å². The Morgan fingerprint density at radius 1 is 1.06 bits per heavy atom. The van der Waals surface area contributed by atoms with E-state index in [0.29, 0.717) is 35.0 Å². The molecule has 2 aromatic rings. The van der Waals surface area contributed by atoms with E-state index < -0.39 is 0 Å². The van der Waals surface area contributed by atoms with Crippen LogP contribution in [0.1, 0.15) is 0 Å². The van der Waals surface area contributed by atoms with Gasteiger partial charge in [-0.3, -0.25) is 4.79 Å². The quantitative estimate of drug-likeness (QED) is 0.567. The van der Waals surface area contributed by atoms with Crippen LogP contribution in [0.4, 0.5) is 17.1 Å². The summed E-state index contributed by atoms with van der Waals surface area (Å²) in [7, 11) is 0. The van der Waals surface area contributed by atoms with Crippen LogP contribution in [0.3, 0.4) is 0 Å². The van der Waals surface area contributed by atoms with Crippen molar-refractivity contribution < 1.29 is 9.53 Å². The highest BCUT2D eigenvalue weighted by Gasteiger charge is 2.02. The molecule has 2 rings (SSSR count). The van der Waals surface area contributed by atoms with Crippen molar-refractivity contribution in [3.63, 3.8) is 0 Å². The van der Waals surface area contributed by atoms with Crippen molar-refractivity contribution in [3.8, 4) is 11.5 Å². The van der Waals surface area contributed by atoms with Gasteiger partial charge in [-0.1, -0.05) is 6.07 Å². The van der Waals surface area contributed by atoms with Gasteiger partial charge in [0.1, 0.15) is 11.5 Å². The van der Waals surface area contributed by atoms with Crippen LogP contribution in [0.2, 0.25) is 0 Å². The van der Waals surface area contributed by atoms with E-state index in [1.807, 2.05) is 0 Å². The summed E-state index contributed by atoms with van der Waals surface area (Å²) in [6, 6.07) is 12.1. The Kier molecular flexibility index (Phi) is 3.33. The van der Waals surface area contributed by atoms with E-state index in [9.17, 15) is 4.79 Å². The number of nitrogens with two attached hydrogens (primary N) is 2. The SMILES string of the molecule is Nc1cccc(Oc2ccc(N)c(NC=O)c2)c1. The van der Waals surface area contributed by atoms with E-state index >= 15 is 0 Å². The fourth-order valence-electron chi connectivity index (χ4n) is 1.50. The molecule has 2 aromatic carbocycles. The largest absolute Gasteiger partial charge is 0.457 e. The molecule has 5 nitrogen and oxygen atoms in total. The molecule has 0 saturated carbocycles. The Morgan fingerprint density at radius 2 is 1.83 bits per heavy atom. The molecule has 0 fully saturated rings. The first kappa shape index (κ1) is 11.8. The van der Waals surface area contributed by atoms with Crippen LogP contribution in [0.25, 0.3) is 0 Å². The molecule has 5 heteroatoms. The molecule has 92 valence electrons. The van der Waals surface area contributed by atoms with E-state index in [-0.39, 0.29) is 0 Å². The van der Waals surface area contributed by atoms with Crippen LogP contribution < -0.4 is 21.5 Å². The maximum absolute atomic E-state index is 10.4. The average molecular weight is 243 g/mol. The third kappa shape index (κ3) is 2.70. The predicted octanol–water partition coefficient (Wildman–Crippen LogP) is 2.21. The molecule has 0 bridgehead atoms. The lowest BCUT2D eigenvalue weighted by Crippen LogP contribution is -1.99. The Balaban J connectivity index is 2.24. The fourth-order valence-corrected chi connectivity index (χ4v) is 1.50. The number of benzene rings is 2. The smallest absolute Gasteiger partial charge is 0.211 e. The summed E-state index contributed by atoms with van der Waals surface area (Å²) in [5, 5.41) is 2.50. The number of anilines is 3. The zero-order chi connectivity index (χ0) is 13.0. The van der Waals surface area contributed by atoms with Crippen molar-refractivity contribution in [1.82, 2.24) is 0 Å². The maximum Gasteiger partial charge on any atom is 0.211 e. The molecular weight excluding hydrogens is 230 g/mol. The van der Waals surface area contributed by atoms with Crippen molar-refractivity contribution in [1.29, 1.82) is 0 Å². The number of nitrogen functional groups attached to an aromatic ring is 2. The number of amides is 1. The summed E-state index contributed by atoms with van der Waals surface area (Å²) >= 11 is 0. The van der Waals surface area contributed by atoms with Gasteiger partial charge in [-0.05, 0) is 24.3 Å². The number of hydrogen-bond acceptors (Lipinski definition) is 4. The fraction of sp³-hybridized carbons (Fsp3) is 0. The molecule has 0 aromatic heterocycles. The number of carbonyl (C=O) groups is 1. The highest BCUT2D eigenvalue weighted by molar-refractivity contribution is 5.80.